The molecule has 0 aromatic rings. The molecule has 2 nitrogen and oxygen atoms in total. The van der Waals surface area contributed by atoms with Crippen molar-refractivity contribution in [2.75, 3.05) is 13.1 Å². The van der Waals surface area contributed by atoms with E-state index >= 15 is 0 Å². The molecule has 0 unspecified atom stereocenters. The first-order valence-corrected chi connectivity index (χ1v) is 5.22. The van der Waals surface area contributed by atoms with Gasteiger partial charge in [0, 0.05) is 5.54 Å². The predicted octanol–water partition coefficient (Wildman–Crippen LogP) is 1.65. The van der Waals surface area contributed by atoms with E-state index in [4.69, 9.17) is 5.73 Å². The molecule has 12 heavy (non-hydrogen) atoms. The molecule has 0 aliphatic heterocycles. The van der Waals surface area contributed by atoms with Crippen molar-refractivity contribution in [2.45, 2.75) is 51.0 Å². The summed E-state index contributed by atoms with van der Waals surface area (Å²) in [6, 6.07) is 0. The van der Waals surface area contributed by atoms with Gasteiger partial charge in [-0.2, -0.15) is 0 Å². The first-order valence-electron chi connectivity index (χ1n) is 5.22. The average Bonchev–Trinajstić information content (AvgIpc) is 2.06. The first kappa shape index (κ1) is 10.0. The molecular weight excluding hydrogens is 148 g/mol. The Morgan fingerprint density at radius 2 is 1.92 bits per heavy atom. The molecule has 1 fully saturated rings. The van der Waals surface area contributed by atoms with Crippen LogP contribution in [0, 0.1) is 0 Å². The van der Waals surface area contributed by atoms with E-state index in [2.05, 4.69) is 12.2 Å². The predicted molar refractivity (Wildman–Crippen MR) is 53.2 cm³/mol. The Bertz CT molecular complexity index is 117. The van der Waals surface area contributed by atoms with Crippen LogP contribution >= 0.6 is 0 Å². The van der Waals surface area contributed by atoms with Crippen molar-refractivity contribution in [1.29, 1.82) is 0 Å². The molecule has 3 N–H and O–H groups in total. The highest BCUT2D eigenvalue weighted by Crippen LogP contribution is 2.27. The molecule has 2 heteroatoms. The van der Waals surface area contributed by atoms with Crippen LogP contribution in [0.15, 0.2) is 0 Å². The van der Waals surface area contributed by atoms with E-state index in [1.807, 2.05) is 0 Å². The molecule has 72 valence electrons. The van der Waals surface area contributed by atoms with Crippen LogP contribution in [0.25, 0.3) is 0 Å². The molecule has 0 amide bonds. The van der Waals surface area contributed by atoms with Crippen LogP contribution in [0.4, 0.5) is 0 Å². The van der Waals surface area contributed by atoms with Gasteiger partial charge in [-0.25, -0.2) is 0 Å². The summed E-state index contributed by atoms with van der Waals surface area (Å²) in [5.41, 5.74) is 5.87. The molecule has 0 atom stereocenters. The zero-order valence-corrected chi connectivity index (χ0v) is 8.23. The molecule has 0 spiro atoms. The van der Waals surface area contributed by atoms with Crippen LogP contribution < -0.4 is 11.1 Å². The molecule has 0 saturated heterocycles. The topological polar surface area (TPSA) is 38.0 Å². The van der Waals surface area contributed by atoms with Crippen molar-refractivity contribution in [1.82, 2.24) is 5.32 Å². The van der Waals surface area contributed by atoms with E-state index in [9.17, 15) is 0 Å². The largest absolute Gasteiger partial charge is 0.330 e. The molecule has 0 aromatic heterocycles. The SMILES string of the molecule is CC1(NCCCN)CCCCC1. The van der Waals surface area contributed by atoms with Gasteiger partial charge in [-0.3, -0.25) is 0 Å². The molecule has 0 radical (unpaired) electrons. The lowest BCUT2D eigenvalue weighted by Crippen LogP contribution is -2.44. The number of rotatable bonds is 4. The second-order valence-corrected chi connectivity index (χ2v) is 4.19. The maximum Gasteiger partial charge on any atom is 0.0153 e. The summed E-state index contributed by atoms with van der Waals surface area (Å²) in [5.74, 6) is 0. The van der Waals surface area contributed by atoms with Gasteiger partial charge in [-0.15, -0.1) is 0 Å². The maximum atomic E-state index is 5.45. The van der Waals surface area contributed by atoms with Crippen molar-refractivity contribution >= 4 is 0 Å². The van der Waals surface area contributed by atoms with Gasteiger partial charge in [-0.05, 0) is 39.3 Å². The zero-order chi connectivity index (χ0) is 8.86. The number of hydrogen-bond donors (Lipinski definition) is 2. The van der Waals surface area contributed by atoms with Gasteiger partial charge in [0.2, 0.25) is 0 Å². The minimum atomic E-state index is 0.424. The highest BCUT2D eigenvalue weighted by Gasteiger charge is 2.25. The highest BCUT2D eigenvalue weighted by molar-refractivity contribution is 4.85. The quantitative estimate of drug-likeness (QED) is 0.630. The van der Waals surface area contributed by atoms with Crippen LogP contribution in [-0.4, -0.2) is 18.6 Å². The molecule has 1 aliphatic carbocycles. The third-order valence-electron chi connectivity index (χ3n) is 2.89. The lowest BCUT2D eigenvalue weighted by atomic mass is 9.83. The van der Waals surface area contributed by atoms with Crippen molar-refractivity contribution in [3.05, 3.63) is 0 Å². The number of hydrogen-bond acceptors (Lipinski definition) is 2. The first-order chi connectivity index (χ1) is 5.77. The molecular formula is C10H22N2. The summed E-state index contributed by atoms with van der Waals surface area (Å²) in [6.45, 7) is 4.25. The molecule has 0 heterocycles. The molecule has 0 bridgehead atoms. The van der Waals surface area contributed by atoms with E-state index in [0.717, 1.165) is 19.5 Å². The third-order valence-corrected chi connectivity index (χ3v) is 2.89. The zero-order valence-electron chi connectivity index (χ0n) is 8.23. The van der Waals surface area contributed by atoms with Gasteiger partial charge >= 0.3 is 0 Å². The minimum absolute atomic E-state index is 0.424. The van der Waals surface area contributed by atoms with Gasteiger partial charge in [0.05, 0.1) is 0 Å². The second kappa shape index (κ2) is 4.83. The van der Waals surface area contributed by atoms with Crippen molar-refractivity contribution in [3.8, 4) is 0 Å². The highest BCUT2D eigenvalue weighted by atomic mass is 15.0. The summed E-state index contributed by atoms with van der Waals surface area (Å²) >= 11 is 0. The van der Waals surface area contributed by atoms with E-state index in [1.54, 1.807) is 0 Å². The Labute approximate surface area is 75.9 Å². The molecule has 1 rings (SSSR count). The lowest BCUT2D eigenvalue weighted by Gasteiger charge is -2.34. The summed E-state index contributed by atoms with van der Waals surface area (Å²) in [7, 11) is 0. The number of nitrogens with one attached hydrogen (secondary N) is 1. The summed E-state index contributed by atoms with van der Waals surface area (Å²) < 4.78 is 0. The third kappa shape index (κ3) is 3.11. The Kier molecular flexibility index (Phi) is 4.02. The van der Waals surface area contributed by atoms with Gasteiger partial charge in [0.25, 0.3) is 0 Å². The van der Waals surface area contributed by atoms with E-state index in [0.29, 0.717) is 5.54 Å². The monoisotopic (exact) mass is 170 g/mol. The fourth-order valence-electron chi connectivity index (χ4n) is 2.00. The van der Waals surface area contributed by atoms with Gasteiger partial charge in [0.15, 0.2) is 0 Å². The van der Waals surface area contributed by atoms with Crippen LogP contribution in [0.3, 0.4) is 0 Å². The van der Waals surface area contributed by atoms with Gasteiger partial charge in [0.1, 0.15) is 0 Å². The van der Waals surface area contributed by atoms with E-state index in [-0.39, 0.29) is 0 Å². The fourth-order valence-corrected chi connectivity index (χ4v) is 2.00. The summed E-state index contributed by atoms with van der Waals surface area (Å²) in [6.07, 6.45) is 8.01. The maximum absolute atomic E-state index is 5.45. The van der Waals surface area contributed by atoms with Crippen LogP contribution in [0.5, 0.6) is 0 Å². The minimum Gasteiger partial charge on any atom is -0.330 e. The van der Waals surface area contributed by atoms with Gasteiger partial charge < -0.3 is 11.1 Å². The standard InChI is InChI=1S/C10H22N2/c1-10(12-9-5-8-11)6-3-2-4-7-10/h12H,2-9,11H2,1H3. The van der Waals surface area contributed by atoms with E-state index < -0.39 is 0 Å². The van der Waals surface area contributed by atoms with Gasteiger partial charge in [-0.1, -0.05) is 19.3 Å². The van der Waals surface area contributed by atoms with Crippen molar-refractivity contribution < 1.29 is 0 Å². The molecule has 1 saturated carbocycles. The number of nitrogens with two attached hydrogens (primary N) is 1. The Balaban J connectivity index is 2.17. The van der Waals surface area contributed by atoms with Crippen LogP contribution in [-0.2, 0) is 0 Å². The fraction of sp³-hybridized carbons (Fsp3) is 1.00. The van der Waals surface area contributed by atoms with Crippen LogP contribution in [0.1, 0.15) is 45.4 Å². The molecule has 0 aromatic carbocycles. The smallest absolute Gasteiger partial charge is 0.0153 e. The summed E-state index contributed by atoms with van der Waals surface area (Å²) in [4.78, 5) is 0. The van der Waals surface area contributed by atoms with Crippen molar-refractivity contribution in [3.63, 3.8) is 0 Å². The second-order valence-electron chi connectivity index (χ2n) is 4.19. The Morgan fingerprint density at radius 3 is 2.50 bits per heavy atom. The summed E-state index contributed by atoms with van der Waals surface area (Å²) in [5, 5.41) is 3.62. The lowest BCUT2D eigenvalue weighted by molar-refractivity contribution is 0.254. The normalized spacial score (nSPS) is 22.5. The van der Waals surface area contributed by atoms with Crippen molar-refractivity contribution in [2.24, 2.45) is 5.73 Å². The van der Waals surface area contributed by atoms with E-state index in [1.165, 1.54) is 32.1 Å². The average molecular weight is 170 g/mol. The van der Waals surface area contributed by atoms with Crippen LogP contribution in [0.2, 0.25) is 0 Å². The Hall–Kier alpha value is -0.0800. The molecule has 1 aliphatic rings. The Morgan fingerprint density at radius 1 is 1.25 bits per heavy atom.